The van der Waals surface area contributed by atoms with E-state index in [1.807, 2.05) is 39.8 Å². The smallest absolute Gasteiger partial charge is 0.0187 e. The van der Waals surface area contributed by atoms with Gasteiger partial charge in [-0.15, -0.1) is 0 Å². The molecule has 0 spiro atoms. The normalized spacial score (nSPS) is 7.80. The molecule has 0 aromatic heterocycles. The van der Waals surface area contributed by atoms with Crippen molar-refractivity contribution in [3.63, 3.8) is 0 Å². The molecule has 10 heavy (non-hydrogen) atoms. The van der Waals surface area contributed by atoms with Crippen LogP contribution in [0.5, 0.6) is 0 Å². The molecule has 0 heterocycles. The van der Waals surface area contributed by atoms with E-state index in [0.29, 0.717) is 0 Å². The number of hydrogen-bond donors (Lipinski definition) is 1. The minimum atomic E-state index is 1.23. The summed E-state index contributed by atoms with van der Waals surface area (Å²) in [7, 11) is 0. The van der Waals surface area contributed by atoms with Gasteiger partial charge in [0.05, 0.1) is 0 Å². The first-order chi connectivity index (χ1) is 4.81. The van der Waals surface area contributed by atoms with Gasteiger partial charge in [-0.1, -0.05) is 38.2 Å². The van der Waals surface area contributed by atoms with E-state index < -0.39 is 0 Å². The lowest BCUT2D eigenvalue weighted by molar-refractivity contribution is 1.49. The third kappa shape index (κ3) is 27.3. The zero-order valence-corrected chi connectivity index (χ0v) is 7.57. The summed E-state index contributed by atoms with van der Waals surface area (Å²) in [6.45, 7) is 14.1. The quantitative estimate of drug-likeness (QED) is 0.427. The Labute approximate surface area is 65.0 Å². The van der Waals surface area contributed by atoms with Crippen molar-refractivity contribution in [3.8, 4) is 0 Å². The predicted molar refractivity (Wildman–Crippen MR) is 50.8 cm³/mol. The van der Waals surface area contributed by atoms with Crippen LogP contribution in [0.2, 0.25) is 0 Å². The lowest BCUT2D eigenvalue weighted by Crippen LogP contribution is -1.57. The highest BCUT2D eigenvalue weighted by Crippen LogP contribution is 1.88. The molecule has 0 saturated heterocycles. The summed E-state index contributed by atoms with van der Waals surface area (Å²) in [6.07, 6.45) is 3.85. The zero-order valence-electron chi connectivity index (χ0n) is 7.57. The maximum atomic E-state index is 5.50. The van der Waals surface area contributed by atoms with Crippen LogP contribution in [0.3, 0.4) is 0 Å². The SMILES string of the molecule is C=C/C(C)=C\C.C=N.CC. The molecule has 60 valence electrons. The van der Waals surface area contributed by atoms with Gasteiger partial charge in [-0.2, -0.15) is 0 Å². The second-order valence-corrected chi connectivity index (χ2v) is 1.24. The van der Waals surface area contributed by atoms with Crippen molar-refractivity contribution in [2.45, 2.75) is 27.7 Å². The Morgan fingerprint density at radius 1 is 1.30 bits per heavy atom. The Balaban J connectivity index is -0.000000105. The summed E-state index contributed by atoms with van der Waals surface area (Å²) in [5.41, 5.74) is 1.23. The second-order valence-electron chi connectivity index (χ2n) is 1.24. The van der Waals surface area contributed by atoms with Crippen molar-refractivity contribution in [1.82, 2.24) is 0 Å². The van der Waals surface area contributed by atoms with Crippen LogP contribution in [0, 0.1) is 5.41 Å². The molecular formula is C9H19N. The molecule has 0 radical (unpaired) electrons. The van der Waals surface area contributed by atoms with Gasteiger partial charge < -0.3 is 5.41 Å². The van der Waals surface area contributed by atoms with E-state index in [0.717, 1.165) is 0 Å². The van der Waals surface area contributed by atoms with E-state index in [4.69, 9.17) is 5.41 Å². The predicted octanol–water partition coefficient (Wildman–Crippen LogP) is 3.43. The fraction of sp³-hybridized carbons (Fsp3) is 0.444. The minimum Gasteiger partial charge on any atom is -0.317 e. The fourth-order valence-corrected chi connectivity index (χ4v) is 0.118. The van der Waals surface area contributed by atoms with E-state index >= 15 is 0 Å². The average Bonchev–Trinajstić information content (AvgIpc) is 2.10. The van der Waals surface area contributed by atoms with Gasteiger partial charge in [0.1, 0.15) is 0 Å². The molecule has 0 bridgehead atoms. The number of allylic oxidation sites excluding steroid dienone is 3. The largest absolute Gasteiger partial charge is 0.317 e. The molecule has 0 aromatic rings. The van der Waals surface area contributed by atoms with E-state index in [-0.39, 0.29) is 0 Å². The first-order valence-corrected chi connectivity index (χ1v) is 3.42. The van der Waals surface area contributed by atoms with E-state index in [1.165, 1.54) is 5.57 Å². The molecule has 0 unspecified atom stereocenters. The van der Waals surface area contributed by atoms with Gasteiger partial charge in [0.2, 0.25) is 0 Å². The van der Waals surface area contributed by atoms with Crippen molar-refractivity contribution in [2.75, 3.05) is 0 Å². The zero-order chi connectivity index (χ0) is 8.99. The van der Waals surface area contributed by atoms with Crippen molar-refractivity contribution in [1.29, 1.82) is 5.41 Å². The number of nitrogens with one attached hydrogen (secondary N) is 1. The first kappa shape index (κ1) is 16.1. The van der Waals surface area contributed by atoms with Crippen LogP contribution < -0.4 is 0 Å². The Hall–Kier alpha value is -0.850. The molecule has 1 nitrogen and oxygen atoms in total. The van der Waals surface area contributed by atoms with Crippen LogP contribution in [-0.4, -0.2) is 6.72 Å². The van der Waals surface area contributed by atoms with Crippen LogP contribution in [0.1, 0.15) is 27.7 Å². The van der Waals surface area contributed by atoms with Crippen molar-refractivity contribution in [2.24, 2.45) is 0 Å². The summed E-state index contributed by atoms with van der Waals surface area (Å²) >= 11 is 0. The molecular weight excluding hydrogens is 122 g/mol. The third-order valence-electron chi connectivity index (χ3n) is 0.777. The minimum absolute atomic E-state index is 1.23. The van der Waals surface area contributed by atoms with Gasteiger partial charge in [0.25, 0.3) is 0 Å². The molecule has 0 amide bonds. The van der Waals surface area contributed by atoms with E-state index in [9.17, 15) is 0 Å². The highest BCUT2D eigenvalue weighted by molar-refractivity contribution is 5.15. The fourth-order valence-electron chi connectivity index (χ4n) is 0.118. The molecule has 0 atom stereocenters. The summed E-state index contributed by atoms with van der Waals surface area (Å²) in [5, 5.41) is 5.50. The molecule has 1 N–H and O–H groups in total. The summed E-state index contributed by atoms with van der Waals surface area (Å²) in [4.78, 5) is 0. The molecule has 1 heteroatoms. The Morgan fingerprint density at radius 2 is 1.60 bits per heavy atom. The van der Waals surface area contributed by atoms with Crippen LogP contribution in [0.15, 0.2) is 24.3 Å². The van der Waals surface area contributed by atoms with Crippen molar-refractivity contribution in [3.05, 3.63) is 24.3 Å². The van der Waals surface area contributed by atoms with Crippen LogP contribution >= 0.6 is 0 Å². The van der Waals surface area contributed by atoms with Crippen LogP contribution in [-0.2, 0) is 0 Å². The highest BCUT2D eigenvalue weighted by atomic mass is 14.2. The molecule has 0 aliphatic rings. The van der Waals surface area contributed by atoms with Crippen molar-refractivity contribution < 1.29 is 0 Å². The topological polar surface area (TPSA) is 23.9 Å². The lowest BCUT2D eigenvalue weighted by Gasteiger charge is -1.78. The Kier molecular flexibility index (Phi) is 38.9. The van der Waals surface area contributed by atoms with Gasteiger partial charge in [-0.05, 0) is 20.6 Å². The van der Waals surface area contributed by atoms with Gasteiger partial charge in [-0.25, -0.2) is 0 Å². The maximum Gasteiger partial charge on any atom is -0.0187 e. The third-order valence-corrected chi connectivity index (χ3v) is 0.777. The Morgan fingerprint density at radius 3 is 1.60 bits per heavy atom. The van der Waals surface area contributed by atoms with Crippen molar-refractivity contribution >= 4 is 6.72 Å². The first-order valence-electron chi connectivity index (χ1n) is 3.42. The second kappa shape index (κ2) is 24.2. The molecule has 0 aliphatic heterocycles. The summed E-state index contributed by atoms with van der Waals surface area (Å²) in [5.74, 6) is 0. The molecule has 0 aliphatic carbocycles. The number of hydrogen-bond acceptors (Lipinski definition) is 1. The summed E-state index contributed by atoms with van der Waals surface area (Å²) in [6, 6.07) is 0. The standard InChI is InChI=1S/C6H10.C2H6.CH3N/c1-4-6(3)5-2;2*1-2/h4-5H,1H2,2-3H3;1-2H3;2H,1H2/b6-5-;;. The molecule has 0 fully saturated rings. The summed E-state index contributed by atoms with van der Waals surface area (Å²) < 4.78 is 0. The number of rotatable bonds is 1. The average molecular weight is 141 g/mol. The van der Waals surface area contributed by atoms with Gasteiger partial charge in [-0.3, -0.25) is 0 Å². The molecule has 0 aromatic carbocycles. The van der Waals surface area contributed by atoms with E-state index in [1.54, 1.807) is 0 Å². The van der Waals surface area contributed by atoms with E-state index in [2.05, 4.69) is 13.3 Å². The van der Waals surface area contributed by atoms with Crippen LogP contribution in [0.25, 0.3) is 0 Å². The monoisotopic (exact) mass is 141 g/mol. The maximum absolute atomic E-state index is 5.50. The van der Waals surface area contributed by atoms with Gasteiger partial charge in [0, 0.05) is 0 Å². The van der Waals surface area contributed by atoms with Crippen LogP contribution in [0.4, 0.5) is 0 Å². The van der Waals surface area contributed by atoms with Gasteiger partial charge >= 0.3 is 0 Å². The molecule has 0 rings (SSSR count). The van der Waals surface area contributed by atoms with Gasteiger partial charge in [0.15, 0.2) is 0 Å². The lowest BCUT2D eigenvalue weighted by atomic mass is 10.3. The highest BCUT2D eigenvalue weighted by Gasteiger charge is 1.66. The molecule has 0 saturated carbocycles. The Bertz CT molecular complexity index is 82.7.